The molecule has 1 heterocycles. The Bertz CT molecular complexity index is 452. The van der Waals surface area contributed by atoms with Crippen LogP contribution in [0.3, 0.4) is 0 Å². The van der Waals surface area contributed by atoms with Gasteiger partial charge in [0.1, 0.15) is 0 Å². The van der Waals surface area contributed by atoms with Crippen LogP contribution in [0.1, 0.15) is 23.0 Å². The minimum atomic E-state index is -0.836. The molecule has 2 N–H and O–H groups in total. The average molecular weight is 276 g/mol. The number of hydrogen-bond acceptors (Lipinski definition) is 4. The molecule has 6 heteroatoms. The van der Waals surface area contributed by atoms with Crippen LogP contribution in [0.25, 0.3) is 0 Å². The molecular weight excluding hydrogens is 266 g/mol. The summed E-state index contributed by atoms with van der Waals surface area (Å²) in [6.07, 6.45) is 0. The third kappa shape index (κ3) is 2.20. The lowest BCUT2D eigenvalue weighted by molar-refractivity contribution is 0.0520. The van der Waals surface area contributed by atoms with E-state index in [2.05, 4.69) is 25.7 Å². The summed E-state index contributed by atoms with van der Waals surface area (Å²) in [4.78, 5) is 25.1. The SMILES string of the molecule is CCOC(=O)c1c(O)c(Br)c(C)[nH]c1=O. The van der Waals surface area contributed by atoms with Gasteiger partial charge < -0.3 is 14.8 Å². The second-order valence-corrected chi connectivity index (χ2v) is 3.63. The first kappa shape index (κ1) is 11.8. The van der Waals surface area contributed by atoms with Crippen LogP contribution in [0, 0.1) is 6.92 Å². The van der Waals surface area contributed by atoms with E-state index in [0.717, 1.165) is 0 Å². The van der Waals surface area contributed by atoms with Gasteiger partial charge in [0, 0.05) is 5.69 Å². The van der Waals surface area contributed by atoms with Crippen molar-refractivity contribution < 1.29 is 14.6 Å². The predicted octanol–water partition coefficient (Wildman–Crippen LogP) is 1.33. The summed E-state index contributed by atoms with van der Waals surface area (Å²) in [5, 5.41) is 9.59. The second-order valence-electron chi connectivity index (χ2n) is 2.84. The van der Waals surface area contributed by atoms with Crippen molar-refractivity contribution in [2.75, 3.05) is 6.61 Å². The number of carbonyl (C=O) groups is 1. The largest absolute Gasteiger partial charge is 0.506 e. The highest BCUT2D eigenvalue weighted by molar-refractivity contribution is 9.10. The summed E-state index contributed by atoms with van der Waals surface area (Å²) < 4.78 is 4.93. The molecule has 0 saturated heterocycles. The zero-order valence-corrected chi connectivity index (χ0v) is 9.84. The number of pyridine rings is 1. The fraction of sp³-hybridized carbons (Fsp3) is 0.333. The Morgan fingerprint density at radius 2 is 2.20 bits per heavy atom. The number of H-pyrrole nitrogens is 1. The van der Waals surface area contributed by atoms with Gasteiger partial charge in [-0.2, -0.15) is 0 Å². The highest BCUT2D eigenvalue weighted by Crippen LogP contribution is 2.27. The molecule has 0 aliphatic carbocycles. The Balaban J connectivity index is 3.36. The molecule has 0 aliphatic rings. The number of esters is 1. The maximum absolute atomic E-state index is 11.4. The fourth-order valence-corrected chi connectivity index (χ4v) is 1.37. The molecule has 0 saturated carbocycles. The summed E-state index contributed by atoms with van der Waals surface area (Å²) in [5.41, 5.74) is -0.591. The second kappa shape index (κ2) is 4.48. The molecule has 0 atom stereocenters. The Hall–Kier alpha value is -1.30. The molecule has 1 aromatic heterocycles. The van der Waals surface area contributed by atoms with Crippen molar-refractivity contribution in [1.82, 2.24) is 4.98 Å². The molecule has 0 fully saturated rings. The lowest BCUT2D eigenvalue weighted by Crippen LogP contribution is -2.21. The van der Waals surface area contributed by atoms with Crippen molar-refractivity contribution in [3.05, 3.63) is 26.1 Å². The molecule has 0 amide bonds. The number of ether oxygens (including phenoxy) is 1. The third-order valence-electron chi connectivity index (χ3n) is 1.78. The monoisotopic (exact) mass is 275 g/mol. The van der Waals surface area contributed by atoms with E-state index in [1.807, 2.05) is 0 Å². The minimum Gasteiger partial charge on any atom is -0.506 e. The molecule has 0 spiro atoms. The highest BCUT2D eigenvalue weighted by atomic mass is 79.9. The summed E-state index contributed by atoms with van der Waals surface area (Å²) in [7, 11) is 0. The van der Waals surface area contributed by atoms with Crippen molar-refractivity contribution in [1.29, 1.82) is 0 Å². The maximum atomic E-state index is 11.4. The quantitative estimate of drug-likeness (QED) is 0.798. The number of aromatic hydroxyl groups is 1. The third-order valence-corrected chi connectivity index (χ3v) is 2.75. The van der Waals surface area contributed by atoms with E-state index in [4.69, 9.17) is 0 Å². The van der Waals surface area contributed by atoms with Gasteiger partial charge in [0.05, 0.1) is 11.1 Å². The first-order chi connectivity index (χ1) is 6.99. The number of aryl methyl sites for hydroxylation is 1. The van der Waals surface area contributed by atoms with Crippen molar-refractivity contribution in [3.63, 3.8) is 0 Å². The van der Waals surface area contributed by atoms with E-state index in [0.29, 0.717) is 5.69 Å². The van der Waals surface area contributed by atoms with Crippen molar-refractivity contribution in [2.45, 2.75) is 13.8 Å². The molecule has 0 aromatic carbocycles. The Morgan fingerprint density at radius 3 is 2.73 bits per heavy atom. The molecule has 82 valence electrons. The Morgan fingerprint density at radius 1 is 1.60 bits per heavy atom. The van der Waals surface area contributed by atoms with Crippen LogP contribution in [-0.2, 0) is 4.74 Å². The van der Waals surface area contributed by atoms with Crippen LogP contribution in [0.4, 0.5) is 0 Å². The number of halogens is 1. The molecule has 1 aromatic rings. The number of aromatic amines is 1. The van der Waals surface area contributed by atoms with E-state index < -0.39 is 17.3 Å². The van der Waals surface area contributed by atoms with E-state index in [1.54, 1.807) is 13.8 Å². The number of nitrogens with one attached hydrogen (secondary N) is 1. The van der Waals surface area contributed by atoms with Gasteiger partial charge in [-0.25, -0.2) is 4.79 Å². The smallest absolute Gasteiger partial charge is 0.347 e. The lowest BCUT2D eigenvalue weighted by atomic mass is 10.2. The Kier molecular flexibility index (Phi) is 3.52. The van der Waals surface area contributed by atoms with Gasteiger partial charge in [0.2, 0.25) is 0 Å². The van der Waals surface area contributed by atoms with Gasteiger partial charge in [-0.05, 0) is 29.8 Å². The molecule has 0 aliphatic heterocycles. The average Bonchev–Trinajstić information content (AvgIpc) is 2.15. The lowest BCUT2D eigenvalue weighted by Gasteiger charge is -2.06. The van der Waals surface area contributed by atoms with Crippen molar-refractivity contribution in [3.8, 4) is 5.75 Å². The van der Waals surface area contributed by atoms with Crippen LogP contribution in [-0.4, -0.2) is 22.7 Å². The first-order valence-electron chi connectivity index (χ1n) is 4.27. The Labute approximate surface area is 94.2 Å². The maximum Gasteiger partial charge on any atom is 0.347 e. The highest BCUT2D eigenvalue weighted by Gasteiger charge is 2.20. The zero-order valence-electron chi connectivity index (χ0n) is 8.26. The van der Waals surface area contributed by atoms with Gasteiger partial charge in [-0.1, -0.05) is 0 Å². The molecular formula is C9H10BrNO4. The van der Waals surface area contributed by atoms with E-state index in [9.17, 15) is 14.7 Å². The summed E-state index contributed by atoms with van der Waals surface area (Å²) in [6.45, 7) is 3.36. The van der Waals surface area contributed by atoms with Gasteiger partial charge in [0.15, 0.2) is 11.3 Å². The number of aromatic nitrogens is 1. The van der Waals surface area contributed by atoms with E-state index >= 15 is 0 Å². The molecule has 15 heavy (non-hydrogen) atoms. The first-order valence-corrected chi connectivity index (χ1v) is 5.06. The van der Waals surface area contributed by atoms with Gasteiger partial charge >= 0.3 is 5.97 Å². The predicted molar refractivity (Wildman–Crippen MR) is 57.1 cm³/mol. The minimum absolute atomic E-state index is 0.142. The van der Waals surface area contributed by atoms with Crippen LogP contribution in [0.15, 0.2) is 9.27 Å². The van der Waals surface area contributed by atoms with Gasteiger partial charge in [0.25, 0.3) is 5.56 Å². The normalized spacial score (nSPS) is 10.1. The summed E-state index contributed by atoms with van der Waals surface area (Å²) in [5.74, 6) is -1.23. The van der Waals surface area contributed by atoms with Crippen LogP contribution in [0.2, 0.25) is 0 Å². The van der Waals surface area contributed by atoms with Crippen LogP contribution < -0.4 is 5.56 Å². The van der Waals surface area contributed by atoms with Crippen molar-refractivity contribution >= 4 is 21.9 Å². The fourth-order valence-electron chi connectivity index (χ4n) is 1.08. The van der Waals surface area contributed by atoms with Crippen LogP contribution in [0.5, 0.6) is 5.75 Å². The van der Waals surface area contributed by atoms with Gasteiger partial charge in [-0.15, -0.1) is 0 Å². The summed E-state index contributed by atoms with van der Waals surface area (Å²) in [6, 6.07) is 0. The topological polar surface area (TPSA) is 79.4 Å². The number of hydrogen-bond donors (Lipinski definition) is 2. The van der Waals surface area contributed by atoms with E-state index in [-0.39, 0.29) is 16.6 Å². The number of rotatable bonds is 2. The van der Waals surface area contributed by atoms with Crippen molar-refractivity contribution in [2.24, 2.45) is 0 Å². The molecule has 0 bridgehead atoms. The molecule has 0 radical (unpaired) electrons. The standard InChI is InChI=1S/C9H10BrNO4/c1-3-15-9(14)5-7(12)6(10)4(2)11-8(5)13/h3H2,1-2H3,(H2,11,12,13). The zero-order chi connectivity index (χ0) is 11.6. The number of carbonyl (C=O) groups excluding carboxylic acids is 1. The summed E-state index contributed by atoms with van der Waals surface area (Å²) >= 11 is 3.06. The van der Waals surface area contributed by atoms with Crippen LogP contribution >= 0.6 is 15.9 Å². The molecule has 1 rings (SSSR count). The molecule has 5 nitrogen and oxygen atoms in total. The van der Waals surface area contributed by atoms with Gasteiger partial charge in [-0.3, -0.25) is 4.79 Å². The molecule has 0 unspecified atom stereocenters. The van der Waals surface area contributed by atoms with E-state index in [1.165, 1.54) is 0 Å².